The molecule has 1 aliphatic carbocycles. The summed E-state index contributed by atoms with van der Waals surface area (Å²) in [5, 5.41) is 7.50. The second-order valence-electron chi connectivity index (χ2n) is 6.33. The van der Waals surface area contributed by atoms with Gasteiger partial charge in [0.15, 0.2) is 5.69 Å². The second-order valence-corrected chi connectivity index (χ2v) is 6.33. The van der Waals surface area contributed by atoms with E-state index >= 15 is 0 Å². The first-order valence-corrected chi connectivity index (χ1v) is 8.33. The van der Waals surface area contributed by atoms with Gasteiger partial charge in [0, 0.05) is 31.0 Å². The fourth-order valence-corrected chi connectivity index (χ4v) is 3.26. The van der Waals surface area contributed by atoms with Gasteiger partial charge in [-0.3, -0.25) is 9.48 Å². The molecule has 5 N–H and O–H groups in total. The molecule has 132 valence electrons. The average molecular weight is 349 g/mol. The second kappa shape index (κ2) is 6.14. The van der Waals surface area contributed by atoms with Crippen LogP contribution in [0, 0.1) is 0 Å². The minimum Gasteiger partial charge on any atom is -0.399 e. The number of carbonyl (C=O) groups excluding carboxylic acids is 1. The molecule has 0 saturated carbocycles. The van der Waals surface area contributed by atoms with E-state index in [0.717, 1.165) is 40.2 Å². The average Bonchev–Trinajstić information content (AvgIpc) is 2.98. The normalized spacial score (nSPS) is 12.3. The first kappa shape index (κ1) is 16.1. The van der Waals surface area contributed by atoms with Crippen molar-refractivity contribution in [3.8, 4) is 11.4 Å². The number of primary amides is 1. The predicted octanol–water partition coefficient (Wildman–Crippen LogP) is 1.27. The number of aryl methyl sites for hydroxylation is 2. The van der Waals surface area contributed by atoms with Crippen molar-refractivity contribution >= 4 is 17.5 Å². The van der Waals surface area contributed by atoms with Crippen LogP contribution in [0.25, 0.3) is 11.4 Å². The number of fused-ring (bicyclic) bond motifs is 3. The standard InChI is InChI=1S/C18H19N7O/c1-25-16-13(15(24-25)17(20)26)7-4-11-9-22-18(23-14(11)16)21-8-10-2-5-12(19)6-3-10/h2-3,5-6,9H,4,7-8,19H2,1H3,(H2,20,26)(H,21,22,23). The molecule has 1 amide bonds. The minimum absolute atomic E-state index is 0.322. The quantitative estimate of drug-likeness (QED) is 0.609. The summed E-state index contributed by atoms with van der Waals surface area (Å²) >= 11 is 0. The molecule has 1 aromatic carbocycles. The highest BCUT2D eigenvalue weighted by atomic mass is 16.1. The number of hydrogen-bond acceptors (Lipinski definition) is 6. The smallest absolute Gasteiger partial charge is 0.269 e. The molecule has 8 heteroatoms. The fraction of sp³-hybridized carbons (Fsp3) is 0.222. The number of aromatic nitrogens is 4. The summed E-state index contributed by atoms with van der Waals surface area (Å²) in [5.41, 5.74) is 16.8. The van der Waals surface area contributed by atoms with E-state index < -0.39 is 5.91 Å². The van der Waals surface area contributed by atoms with Crippen molar-refractivity contribution in [2.45, 2.75) is 19.4 Å². The lowest BCUT2D eigenvalue weighted by molar-refractivity contribution is 0.0994. The number of amides is 1. The van der Waals surface area contributed by atoms with Crippen LogP contribution in [0.2, 0.25) is 0 Å². The summed E-state index contributed by atoms with van der Waals surface area (Å²) in [4.78, 5) is 20.7. The van der Waals surface area contributed by atoms with Crippen LogP contribution in [0.1, 0.15) is 27.2 Å². The Morgan fingerprint density at radius 2 is 2.04 bits per heavy atom. The third kappa shape index (κ3) is 2.75. The Balaban J connectivity index is 1.65. The molecule has 3 aromatic rings. The van der Waals surface area contributed by atoms with Crippen LogP contribution in [0.3, 0.4) is 0 Å². The number of nitrogen functional groups attached to an aromatic ring is 1. The Morgan fingerprint density at radius 3 is 2.77 bits per heavy atom. The molecule has 0 saturated heterocycles. The molecule has 0 radical (unpaired) electrons. The van der Waals surface area contributed by atoms with Crippen LogP contribution in [-0.2, 0) is 26.4 Å². The van der Waals surface area contributed by atoms with Crippen LogP contribution in [0.5, 0.6) is 0 Å². The predicted molar refractivity (Wildman–Crippen MR) is 98.3 cm³/mol. The number of carbonyl (C=O) groups is 1. The Bertz CT molecular complexity index is 992. The van der Waals surface area contributed by atoms with E-state index in [2.05, 4.69) is 20.4 Å². The van der Waals surface area contributed by atoms with Gasteiger partial charge in [0.05, 0.1) is 11.4 Å². The van der Waals surface area contributed by atoms with Crippen molar-refractivity contribution in [3.63, 3.8) is 0 Å². The Labute approximate surface area is 150 Å². The third-order valence-corrected chi connectivity index (χ3v) is 4.54. The summed E-state index contributed by atoms with van der Waals surface area (Å²) in [5.74, 6) is 0.0105. The molecular weight excluding hydrogens is 330 g/mol. The van der Waals surface area contributed by atoms with E-state index in [4.69, 9.17) is 11.5 Å². The van der Waals surface area contributed by atoms with Gasteiger partial charge in [-0.2, -0.15) is 5.10 Å². The van der Waals surface area contributed by atoms with Gasteiger partial charge in [-0.25, -0.2) is 9.97 Å². The number of nitrogens with one attached hydrogen (secondary N) is 1. The lowest BCUT2D eigenvalue weighted by Crippen LogP contribution is -2.16. The summed E-state index contributed by atoms with van der Waals surface area (Å²) in [6.07, 6.45) is 3.29. The van der Waals surface area contributed by atoms with Gasteiger partial charge in [-0.15, -0.1) is 0 Å². The van der Waals surface area contributed by atoms with Gasteiger partial charge in [-0.1, -0.05) is 12.1 Å². The van der Waals surface area contributed by atoms with Crippen molar-refractivity contribution in [2.24, 2.45) is 12.8 Å². The van der Waals surface area contributed by atoms with E-state index in [1.54, 1.807) is 11.7 Å². The van der Waals surface area contributed by atoms with Gasteiger partial charge in [0.1, 0.15) is 0 Å². The summed E-state index contributed by atoms with van der Waals surface area (Å²) in [7, 11) is 1.80. The zero-order chi connectivity index (χ0) is 18.3. The number of nitrogens with two attached hydrogens (primary N) is 2. The largest absolute Gasteiger partial charge is 0.399 e. The lowest BCUT2D eigenvalue weighted by atomic mass is 9.93. The summed E-state index contributed by atoms with van der Waals surface area (Å²) < 4.78 is 1.67. The zero-order valence-electron chi connectivity index (χ0n) is 14.4. The van der Waals surface area contributed by atoms with Crippen LogP contribution in [-0.4, -0.2) is 25.7 Å². The number of rotatable bonds is 4. The number of anilines is 2. The third-order valence-electron chi connectivity index (χ3n) is 4.54. The van der Waals surface area contributed by atoms with Gasteiger partial charge in [0.2, 0.25) is 5.95 Å². The van der Waals surface area contributed by atoms with E-state index in [1.807, 2.05) is 30.5 Å². The van der Waals surface area contributed by atoms with Gasteiger partial charge in [-0.05, 0) is 36.1 Å². The topological polar surface area (TPSA) is 125 Å². The molecule has 2 aromatic heterocycles. The number of nitrogens with zero attached hydrogens (tertiary/aromatic N) is 4. The van der Waals surface area contributed by atoms with Crippen LogP contribution in [0.4, 0.5) is 11.6 Å². The van der Waals surface area contributed by atoms with Crippen LogP contribution >= 0.6 is 0 Å². The fourth-order valence-electron chi connectivity index (χ4n) is 3.26. The summed E-state index contributed by atoms with van der Waals surface area (Å²) in [6, 6.07) is 7.63. The highest BCUT2D eigenvalue weighted by Crippen LogP contribution is 2.33. The van der Waals surface area contributed by atoms with Gasteiger partial charge < -0.3 is 16.8 Å². The Kier molecular flexibility index (Phi) is 3.80. The molecule has 0 atom stereocenters. The minimum atomic E-state index is -0.513. The van der Waals surface area contributed by atoms with Crippen molar-refractivity contribution in [1.29, 1.82) is 0 Å². The first-order chi connectivity index (χ1) is 12.5. The Morgan fingerprint density at radius 1 is 1.27 bits per heavy atom. The molecule has 0 bridgehead atoms. The summed E-state index contributed by atoms with van der Waals surface area (Å²) in [6.45, 7) is 0.587. The molecule has 4 rings (SSSR count). The maximum absolute atomic E-state index is 11.6. The molecular formula is C18H19N7O. The van der Waals surface area contributed by atoms with E-state index in [-0.39, 0.29) is 0 Å². The zero-order valence-corrected chi connectivity index (χ0v) is 14.4. The van der Waals surface area contributed by atoms with Crippen molar-refractivity contribution < 1.29 is 4.79 Å². The van der Waals surface area contributed by atoms with Crippen molar-refractivity contribution in [3.05, 3.63) is 52.8 Å². The number of hydrogen-bond donors (Lipinski definition) is 3. The van der Waals surface area contributed by atoms with E-state index in [9.17, 15) is 4.79 Å². The van der Waals surface area contributed by atoms with Crippen LogP contribution in [0.15, 0.2) is 30.5 Å². The number of benzene rings is 1. The SMILES string of the molecule is Cn1nc(C(N)=O)c2c1-c1nc(NCc3ccc(N)cc3)ncc1CC2. The van der Waals surface area contributed by atoms with Gasteiger partial charge >= 0.3 is 0 Å². The molecule has 0 spiro atoms. The molecule has 0 fully saturated rings. The monoisotopic (exact) mass is 349 g/mol. The highest BCUT2D eigenvalue weighted by molar-refractivity contribution is 5.94. The lowest BCUT2D eigenvalue weighted by Gasteiger charge is -2.17. The first-order valence-electron chi connectivity index (χ1n) is 8.33. The maximum Gasteiger partial charge on any atom is 0.269 e. The molecule has 2 heterocycles. The van der Waals surface area contributed by atoms with E-state index in [1.165, 1.54) is 0 Å². The van der Waals surface area contributed by atoms with Crippen molar-refractivity contribution in [1.82, 2.24) is 19.7 Å². The molecule has 1 aliphatic rings. The van der Waals surface area contributed by atoms with Crippen molar-refractivity contribution in [2.75, 3.05) is 11.1 Å². The molecule has 8 nitrogen and oxygen atoms in total. The molecule has 0 aliphatic heterocycles. The maximum atomic E-state index is 11.6. The molecule has 26 heavy (non-hydrogen) atoms. The van der Waals surface area contributed by atoms with Gasteiger partial charge in [0.25, 0.3) is 5.91 Å². The molecule has 0 unspecified atom stereocenters. The van der Waals surface area contributed by atoms with E-state index in [0.29, 0.717) is 24.6 Å². The highest BCUT2D eigenvalue weighted by Gasteiger charge is 2.27. The van der Waals surface area contributed by atoms with Crippen LogP contribution < -0.4 is 16.8 Å². The Hall–Kier alpha value is -3.42.